The highest BCUT2D eigenvalue weighted by Crippen LogP contribution is 2.16. The van der Waals surface area contributed by atoms with Crippen molar-refractivity contribution in [1.82, 2.24) is 4.90 Å². The molecule has 0 atom stereocenters. The van der Waals surface area contributed by atoms with Crippen LogP contribution in [0.2, 0.25) is 0 Å². The summed E-state index contributed by atoms with van der Waals surface area (Å²) in [6.45, 7) is 2.56. The van der Waals surface area contributed by atoms with Gasteiger partial charge in [-0.05, 0) is 42.8 Å². The number of carbonyl (C=O) groups excluding carboxylic acids is 1. The van der Waals surface area contributed by atoms with Crippen molar-refractivity contribution in [3.8, 4) is 0 Å². The van der Waals surface area contributed by atoms with Gasteiger partial charge >= 0.3 is 0 Å². The van der Waals surface area contributed by atoms with Gasteiger partial charge in [-0.25, -0.2) is 8.78 Å². The van der Waals surface area contributed by atoms with Gasteiger partial charge in [0.1, 0.15) is 11.6 Å². The summed E-state index contributed by atoms with van der Waals surface area (Å²) in [7, 11) is 0. The van der Waals surface area contributed by atoms with E-state index in [1.807, 2.05) is 6.92 Å². The summed E-state index contributed by atoms with van der Waals surface area (Å²) < 4.78 is 26.3. The quantitative estimate of drug-likeness (QED) is 0.879. The molecule has 2 aromatic carbocycles. The van der Waals surface area contributed by atoms with Gasteiger partial charge in [-0.1, -0.05) is 12.1 Å². The molecule has 0 bridgehead atoms. The molecule has 0 saturated carbocycles. The van der Waals surface area contributed by atoms with E-state index in [0.29, 0.717) is 17.7 Å². The monoisotopic (exact) mass is 290 g/mol. The lowest BCUT2D eigenvalue weighted by atomic mass is 10.1. The molecular formula is C16H16F2N2O. The fraction of sp³-hybridized carbons (Fsp3) is 0.188. The zero-order chi connectivity index (χ0) is 15.4. The van der Waals surface area contributed by atoms with E-state index >= 15 is 0 Å². The van der Waals surface area contributed by atoms with E-state index in [9.17, 15) is 13.6 Å². The van der Waals surface area contributed by atoms with Gasteiger partial charge in [-0.15, -0.1) is 0 Å². The van der Waals surface area contributed by atoms with E-state index in [1.165, 1.54) is 30.3 Å². The number of hydrogen-bond acceptors (Lipinski definition) is 2. The lowest BCUT2D eigenvalue weighted by Gasteiger charge is -2.21. The Morgan fingerprint density at radius 3 is 2.57 bits per heavy atom. The average molecular weight is 290 g/mol. The van der Waals surface area contributed by atoms with Gasteiger partial charge in [-0.2, -0.15) is 0 Å². The molecule has 0 spiro atoms. The summed E-state index contributed by atoms with van der Waals surface area (Å²) in [4.78, 5) is 13.9. The molecule has 0 radical (unpaired) electrons. The first-order valence-electron chi connectivity index (χ1n) is 6.60. The van der Waals surface area contributed by atoms with Crippen LogP contribution in [0.15, 0.2) is 42.5 Å². The van der Waals surface area contributed by atoms with E-state index in [0.717, 1.165) is 0 Å². The van der Waals surface area contributed by atoms with E-state index in [-0.39, 0.29) is 24.0 Å². The highest BCUT2D eigenvalue weighted by atomic mass is 19.1. The first-order valence-corrected chi connectivity index (χ1v) is 6.60. The highest BCUT2D eigenvalue weighted by molar-refractivity contribution is 5.95. The lowest BCUT2D eigenvalue weighted by molar-refractivity contribution is 0.0752. The maximum absolute atomic E-state index is 13.2. The smallest absolute Gasteiger partial charge is 0.254 e. The number of amides is 1. The number of nitrogen functional groups attached to an aromatic ring is 1. The Morgan fingerprint density at radius 2 is 1.95 bits per heavy atom. The second-order valence-corrected chi connectivity index (χ2v) is 4.69. The van der Waals surface area contributed by atoms with Crippen LogP contribution in [0, 0.1) is 11.6 Å². The van der Waals surface area contributed by atoms with Crippen molar-refractivity contribution in [2.45, 2.75) is 13.5 Å². The van der Waals surface area contributed by atoms with Crippen LogP contribution in [0.3, 0.4) is 0 Å². The Kier molecular flexibility index (Phi) is 4.52. The van der Waals surface area contributed by atoms with Gasteiger partial charge in [-0.3, -0.25) is 4.79 Å². The lowest BCUT2D eigenvalue weighted by Crippen LogP contribution is -2.30. The predicted molar refractivity (Wildman–Crippen MR) is 77.6 cm³/mol. The molecule has 3 nitrogen and oxygen atoms in total. The van der Waals surface area contributed by atoms with E-state index in [1.54, 1.807) is 17.0 Å². The fourth-order valence-electron chi connectivity index (χ4n) is 2.04. The van der Waals surface area contributed by atoms with E-state index in [2.05, 4.69) is 0 Å². The molecule has 0 saturated heterocycles. The van der Waals surface area contributed by atoms with Crippen LogP contribution in [0.5, 0.6) is 0 Å². The molecule has 110 valence electrons. The van der Waals surface area contributed by atoms with Crippen molar-refractivity contribution in [3.63, 3.8) is 0 Å². The van der Waals surface area contributed by atoms with Gasteiger partial charge in [0.2, 0.25) is 0 Å². The fourth-order valence-corrected chi connectivity index (χ4v) is 2.04. The summed E-state index contributed by atoms with van der Waals surface area (Å²) >= 11 is 0. The summed E-state index contributed by atoms with van der Waals surface area (Å²) in [5.41, 5.74) is 6.42. The van der Waals surface area contributed by atoms with Crippen LogP contribution in [0.4, 0.5) is 14.5 Å². The summed E-state index contributed by atoms with van der Waals surface area (Å²) in [6, 6.07) is 9.95. The third-order valence-electron chi connectivity index (χ3n) is 3.17. The van der Waals surface area contributed by atoms with Crippen molar-refractivity contribution in [2.75, 3.05) is 12.3 Å². The van der Waals surface area contributed by atoms with Gasteiger partial charge in [0, 0.05) is 18.7 Å². The second-order valence-electron chi connectivity index (χ2n) is 4.69. The van der Waals surface area contributed by atoms with Crippen molar-refractivity contribution in [1.29, 1.82) is 0 Å². The first-order chi connectivity index (χ1) is 10.0. The second kappa shape index (κ2) is 6.35. The normalized spacial score (nSPS) is 10.4. The number of rotatable bonds is 4. The molecule has 0 aromatic heterocycles. The molecule has 0 aliphatic heterocycles. The standard InChI is InChI=1S/C16H16F2N2O/c1-2-20(10-11-4-3-5-13(17)8-11)16(21)12-6-7-14(18)15(19)9-12/h3-9H,2,10,19H2,1H3. The Bertz CT molecular complexity index is 658. The number of anilines is 1. The molecule has 2 N–H and O–H groups in total. The number of nitrogens with two attached hydrogens (primary N) is 1. The topological polar surface area (TPSA) is 46.3 Å². The molecule has 0 aliphatic carbocycles. The summed E-state index contributed by atoms with van der Waals surface area (Å²) in [6.07, 6.45) is 0. The minimum absolute atomic E-state index is 0.0670. The predicted octanol–water partition coefficient (Wildman–Crippen LogP) is 3.21. The number of carbonyl (C=O) groups is 1. The molecule has 0 aliphatic rings. The van der Waals surface area contributed by atoms with Crippen LogP contribution in [-0.4, -0.2) is 17.4 Å². The molecular weight excluding hydrogens is 274 g/mol. The molecule has 0 fully saturated rings. The molecule has 5 heteroatoms. The van der Waals surface area contributed by atoms with Gasteiger partial charge in [0.05, 0.1) is 5.69 Å². The van der Waals surface area contributed by atoms with Crippen molar-refractivity contribution >= 4 is 11.6 Å². The zero-order valence-corrected chi connectivity index (χ0v) is 11.6. The first kappa shape index (κ1) is 15.0. The average Bonchev–Trinajstić information content (AvgIpc) is 2.47. The van der Waals surface area contributed by atoms with Gasteiger partial charge < -0.3 is 10.6 Å². The Balaban J connectivity index is 2.20. The third-order valence-corrected chi connectivity index (χ3v) is 3.17. The summed E-state index contributed by atoms with van der Waals surface area (Å²) in [5, 5.41) is 0. The minimum atomic E-state index is -0.556. The number of halogens is 2. The van der Waals surface area contributed by atoms with Gasteiger partial charge in [0.15, 0.2) is 0 Å². The minimum Gasteiger partial charge on any atom is -0.396 e. The van der Waals surface area contributed by atoms with Crippen LogP contribution in [-0.2, 0) is 6.54 Å². The number of nitrogens with zero attached hydrogens (tertiary/aromatic N) is 1. The molecule has 21 heavy (non-hydrogen) atoms. The molecule has 2 rings (SSSR count). The van der Waals surface area contributed by atoms with E-state index in [4.69, 9.17) is 5.73 Å². The third kappa shape index (κ3) is 3.56. The Labute approximate surface area is 122 Å². The summed E-state index contributed by atoms with van der Waals surface area (Å²) in [5.74, 6) is -1.17. The largest absolute Gasteiger partial charge is 0.396 e. The molecule has 0 heterocycles. The number of hydrogen-bond donors (Lipinski definition) is 1. The SMILES string of the molecule is CCN(Cc1cccc(F)c1)C(=O)c1ccc(F)c(N)c1. The Hall–Kier alpha value is -2.43. The number of benzene rings is 2. The van der Waals surface area contributed by atoms with Crippen molar-refractivity contribution in [2.24, 2.45) is 0 Å². The van der Waals surface area contributed by atoms with E-state index < -0.39 is 5.82 Å². The van der Waals surface area contributed by atoms with Gasteiger partial charge in [0.25, 0.3) is 5.91 Å². The van der Waals surface area contributed by atoms with Crippen LogP contribution in [0.25, 0.3) is 0 Å². The van der Waals surface area contributed by atoms with Crippen LogP contribution >= 0.6 is 0 Å². The van der Waals surface area contributed by atoms with Crippen LogP contribution < -0.4 is 5.73 Å². The zero-order valence-electron chi connectivity index (χ0n) is 11.6. The maximum atomic E-state index is 13.2. The van der Waals surface area contributed by atoms with Crippen molar-refractivity contribution < 1.29 is 13.6 Å². The van der Waals surface area contributed by atoms with Crippen molar-refractivity contribution in [3.05, 3.63) is 65.2 Å². The molecule has 2 aromatic rings. The van der Waals surface area contributed by atoms with Crippen LogP contribution in [0.1, 0.15) is 22.8 Å². The highest BCUT2D eigenvalue weighted by Gasteiger charge is 2.16. The molecule has 1 amide bonds. The Morgan fingerprint density at radius 1 is 1.19 bits per heavy atom. The molecule has 0 unspecified atom stereocenters. The maximum Gasteiger partial charge on any atom is 0.254 e.